The third kappa shape index (κ3) is 4.54. The van der Waals surface area contributed by atoms with E-state index in [-0.39, 0.29) is 10.7 Å². The Bertz CT molecular complexity index is 214. The van der Waals surface area contributed by atoms with Crippen molar-refractivity contribution in [3.8, 4) is 0 Å². The summed E-state index contributed by atoms with van der Waals surface area (Å²) in [5.41, 5.74) is 0. The first-order valence-electron chi connectivity index (χ1n) is 5.99. The Kier molecular flexibility index (Phi) is 5.10. The van der Waals surface area contributed by atoms with Crippen molar-refractivity contribution in [3.05, 3.63) is 0 Å². The minimum absolute atomic E-state index is 0.0502. The van der Waals surface area contributed by atoms with Crippen molar-refractivity contribution < 1.29 is 4.79 Å². The minimum Gasteiger partial charge on any atom is -0.352 e. The molecule has 0 aromatic heterocycles. The molecule has 88 valence electrons. The van der Waals surface area contributed by atoms with Crippen LogP contribution in [0.4, 0.5) is 0 Å². The van der Waals surface area contributed by atoms with Crippen LogP contribution in [0, 0.1) is 11.8 Å². The van der Waals surface area contributed by atoms with Gasteiger partial charge in [-0.05, 0) is 24.7 Å². The minimum atomic E-state index is -0.0502. The van der Waals surface area contributed by atoms with Crippen molar-refractivity contribution in [2.45, 2.75) is 57.3 Å². The molecule has 1 rings (SSSR count). The van der Waals surface area contributed by atoms with E-state index in [1.807, 2.05) is 0 Å². The molecule has 1 aliphatic carbocycles. The molecule has 1 aliphatic rings. The van der Waals surface area contributed by atoms with E-state index < -0.39 is 0 Å². The Labute approximate surface area is 101 Å². The number of nitrogens with one attached hydrogen (secondary N) is 1. The highest BCUT2D eigenvalue weighted by molar-refractivity contribution is 9.10. The summed E-state index contributed by atoms with van der Waals surface area (Å²) in [7, 11) is 0. The molecule has 15 heavy (non-hydrogen) atoms. The molecule has 1 fully saturated rings. The van der Waals surface area contributed by atoms with E-state index in [4.69, 9.17) is 0 Å². The Morgan fingerprint density at radius 2 is 2.07 bits per heavy atom. The molecule has 1 saturated carbocycles. The number of halogens is 1. The fourth-order valence-electron chi connectivity index (χ4n) is 1.67. The van der Waals surface area contributed by atoms with Crippen molar-refractivity contribution in [1.29, 1.82) is 0 Å². The number of carbonyl (C=O) groups excluding carboxylic acids is 1. The predicted octanol–water partition coefficient (Wildman–Crippen LogP) is 3.10. The molecule has 0 aromatic rings. The lowest BCUT2D eigenvalue weighted by atomic mass is 10.1. The standard InChI is InChI=1S/C12H22BrNO/c1-4-10(7-9-5-6-9)14-12(15)11(13)8(2)3/h8-11H,4-7H2,1-3H3,(H,14,15). The number of hydrogen-bond acceptors (Lipinski definition) is 1. The molecule has 0 spiro atoms. The number of hydrogen-bond donors (Lipinski definition) is 1. The zero-order valence-electron chi connectivity index (χ0n) is 9.92. The third-order valence-corrected chi connectivity index (χ3v) is 4.46. The highest BCUT2D eigenvalue weighted by Gasteiger charge is 2.27. The van der Waals surface area contributed by atoms with Gasteiger partial charge < -0.3 is 5.32 Å². The summed E-state index contributed by atoms with van der Waals surface area (Å²) in [6.07, 6.45) is 4.92. The highest BCUT2D eigenvalue weighted by Crippen LogP contribution is 2.34. The quantitative estimate of drug-likeness (QED) is 0.742. The van der Waals surface area contributed by atoms with E-state index in [9.17, 15) is 4.79 Å². The third-order valence-electron chi connectivity index (χ3n) is 2.99. The van der Waals surface area contributed by atoms with Crippen LogP contribution < -0.4 is 5.32 Å². The molecule has 2 unspecified atom stereocenters. The van der Waals surface area contributed by atoms with Crippen LogP contribution in [0.15, 0.2) is 0 Å². The maximum Gasteiger partial charge on any atom is 0.234 e. The van der Waals surface area contributed by atoms with Crippen LogP contribution >= 0.6 is 15.9 Å². The maximum atomic E-state index is 11.8. The van der Waals surface area contributed by atoms with Crippen LogP contribution in [0.25, 0.3) is 0 Å². The van der Waals surface area contributed by atoms with Gasteiger partial charge >= 0.3 is 0 Å². The monoisotopic (exact) mass is 275 g/mol. The number of rotatable bonds is 6. The van der Waals surface area contributed by atoms with E-state index in [1.54, 1.807) is 0 Å². The Hall–Kier alpha value is -0.0500. The molecule has 0 aliphatic heterocycles. The summed E-state index contributed by atoms with van der Waals surface area (Å²) >= 11 is 3.44. The summed E-state index contributed by atoms with van der Waals surface area (Å²) in [4.78, 5) is 11.7. The van der Waals surface area contributed by atoms with Gasteiger partial charge in [-0.2, -0.15) is 0 Å². The van der Waals surface area contributed by atoms with Gasteiger partial charge in [-0.3, -0.25) is 4.79 Å². The van der Waals surface area contributed by atoms with Crippen LogP contribution in [0.3, 0.4) is 0 Å². The molecule has 0 radical (unpaired) electrons. The number of amides is 1. The van der Waals surface area contributed by atoms with Crippen molar-refractivity contribution in [2.24, 2.45) is 11.8 Å². The van der Waals surface area contributed by atoms with Gasteiger partial charge in [0.25, 0.3) is 0 Å². The van der Waals surface area contributed by atoms with E-state index in [1.165, 1.54) is 19.3 Å². The zero-order valence-corrected chi connectivity index (χ0v) is 11.5. The summed E-state index contributed by atoms with van der Waals surface area (Å²) in [5.74, 6) is 1.38. The second kappa shape index (κ2) is 5.88. The molecule has 1 N–H and O–H groups in total. The summed E-state index contributed by atoms with van der Waals surface area (Å²) < 4.78 is 0. The topological polar surface area (TPSA) is 29.1 Å². The van der Waals surface area contributed by atoms with Crippen molar-refractivity contribution in [3.63, 3.8) is 0 Å². The predicted molar refractivity (Wildman–Crippen MR) is 67.1 cm³/mol. The Morgan fingerprint density at radius 1 is 1.47 bits per heavy atom. The molecule has 0 aromatic carbocycles. The largest absolute Gasteiger partial charge is 0.352 e. The first kappa shape index (κ1) is 13.0. The fraction of sp³-hybridized carbons (Fsp3) is 0.917. The lowest BCUT2D eigenvalue weighted by Crippen LogP contribution is -2.41. The summed E-state index contributed by atoms with van der Waals surface area (Å²) in [5, 5.41) is 3.13. The van der Waals surface area contributed by atoms with Crippen LogP contribution in [0.2, 0.25) is 0 Å². The SMILES string of the molecule is CCC(CC1CC1)NC(=O)C(Br)C(C)C. The molecule has 2 nitrogen and oxygen atoms in total. The van der Waals surface area contributed by atoms with Crippen molar-refractivity contribution in [2.75, 3.05) is 0 Å². The average molecular weight is 276 g/mol. The molecule has 2 atom stereocenters. The average Bonchev–Trinajstić information content (AvgIpc) is 2.99. The number of alkyl halides is 1. The van der Waals surface area contributed by atoms with Crippen molar-refractivity contribution >= 4 is 21.8 Å². The lowest BCUT2D eigenvalue weighted by molar-refractivity contribution is -0.121. The van der Waals surface area contributed by atoms with E-state index in [0.29, 0.717) is 12.0 Å². The van der Waals surface area contributed by atoms with Gasteiger partial charge in [0.2, 0.25) is 5.91 Å². The fourth-order valence-corrected chi connectivity index (χ4v) is 1.80. The van der Waals surface area contributed by atoms with Crippen molar-refractivity contribution in [1.82, 2.24) is 5.32 Å². The molecular weight excluding hydrogens is 254 g/mol. The molecule has 1 amide bonds. The smallest absolute Gasteiger partial charge is 0.234 e. The Morgan fingerprint density at radius 3 is 2.47 bits per heavy atom. The van der Waals surface area contributed by atoms with Gasteiger partial charge in [0.1, 0.15) is 0 Å². The maximum absolute atomic E-state index is 11.8. The second-order valence-electron chi connectivity index (χ2n) is 4.94. The van der Waals surface area contributed by atoms with Gasteiger partial charge in [0, 0.05) is 6.04 Å². The van der Waals surface area contributed by atoms with Crippen LogP contribution in [-0.2, 0) is 4.79 Å². The van der Waals surface area contributed by atoms with Crippen LogP contribution in [0.1, 0.15) is 46.5 Å². The molecular formula is C12H22BrNO. The summed E-state index contributed by atoms with van der Waals surface area (Å²) in [6.45, 7) is 6.26. The zero-order chi connectivity index (χ0) is 11.4. The first-order chi connectivity index (χ1) is 7.04. The molecule has 3 heteroatoms. The van der Waals surface area contributed by atoms with E-state index in [0.717, 1.165) is 12.3 Å². The van der Waals surface area contributed by atoms with Gasteiger partial charge in [-0.15, -0.1) is 0 Å². The normalized spacial score (nSPS) is 20.1. The van der Waals surface area contributed by atoms with Gasteiger partial charge in [0.15, 0.2) is 0 Å². The van der Waals surface area contributed by atoms with Gasteiger partial charge in [-0.1, -0.05) is 49.5 Å². The molecule has 0 heterocycles. The highest BCUT2D eigenvalue weighted by atomic mass is 79.9. The van der Waals surface area contributed by atoms with E-state index >= 15 is 0 Å². The van der Waals surface area contributed by atoms with Gasteiger partial charge in [-0.25, -0.2) is 0 Å². The summed E-state index contributed by atoms with van der Waals surface area (Å²) in [6, 6.07) is 0.379. The molecule has 0 bridgehead atoms. The second-order valence-corrected chi connectivity index (χ2v) is 5.93. The number of carbonyl (C=O) groups is 1. The van der Waals surface area contributed by atoms with Crippen LogP contribution in [-0.4, -0.2) is 16.8 Å². The van der Waals surface area contributed by atoms with E-state index in [2.05, 4.69) is 42.0 Å². The first-order valence-corrected chi connectivity index (χ1v) is 6.90. The van der Waals surface area contributed by atoms with Gasteiger partial charge in [0.05, 0.1) is 4.83 Å². The molecule has 0 saturated heterocycles. The van der Waals surface area contributed by atoms with Crippen LogP contribution in [0.5, 0.6) is 0 Å². The Balaban J connectivity index is 2.32. The lowest BCUT2D eigenvalue weighted by Gasteiger charge is -2.20.